The molecule has 1 aromatic heterocycles. The van der Waals surface area contributed by atoms with E-state index in [0.717, 1.165) is 0 Å². The SMILES string of the molecule is NS(=O)(=O)c1ccc(NC(=O)c2ccnc(Br)c2)cc1. The quantitative estimate of drug-likeness (QED) is 0.818. The summed E-state index contributed by atoms with van der Waals surface area (Å²) < 4.78 is 22.8. The fourth-order valence-electron chi connectivity index (χ4n) is 1.47. The summed E-state index contributed by atoms with van der Waals surface area (Å²) in [7, 11) is -3.73. The summed E-state index contributed by atoms with van der Waals surface area (Å²) in [5.74, 6) is -0.323. The van der Waals surface area contributed by atoms with Crippen LogP contribution in [0.5, 0.6) is 0 Å². The van der Waals surface area contributed by atoms with Crippen molar-refractivity contribution < 1.29 is 13.2 Å². The molecule has 8 heteroatoms. The van der Waals surface area contributed by atoms with Crippen molar-refractivity contribution in [1.29, 1.82) is 0 Å². The molecule has 1 aromatic carbocycles. The van der Waals surface area contributed by atoms with Gasteiger partial charge in [-0.15, -0.1) is 0 Å². The van der Waals surface area contributed by atoms with Gasteiger partial charge in [-0.1, -0.05) is 0 Å². The van der Waals surface area contributed by atoms with Crippen molar-refractivity contribution in [3.8, 4) is 0 Å². The standard InChI is InChI=1S/C12H10BrN3O3S/c13-11-7-8(5-6-15-11)12(17)16-9-1-3-10(4-2-9)20(14,18)19/h1-7H,(H,16,17)(H2,14,18,19). The number of amides is 1. The number of carbonyl (C=O) groups is 1. The van der Waals surface area contributed by atoms with Crippen LogP contribution in [0, 0.1) is 0 Å². The van der Waals surface area contributed by atoms with Crippen LogP contribution in [0.2, 0.25) is 0 Å². The van der Waals surface area contributed by atoms with Gasteiger partial charge in [-0.3, -0.25) is 4.79 Å². The van der Waals surface area contributed by atoms with Crippen molar-refractivity contribution in [2.75, 3.05) is 5.32 Å². The molecule has 0 aliphatic rings. The highest BCUT2D eigenvalue weighted by molar-refractivity contribution is 9.10. The minimum absolute atomic E-state index is 0.0119. The van der Waals surface area contributed by atoms with E-state index >= 15 is 0 Å². The second-order valence-corrected chi connectivity index (χ2v) is 6.26. The van der Waals surface area contributed by atoms with Gasteiger partial charge in [-0.05, 0) is 52.3 Å². The molecule has 0 fully saturated rings. The molecular formula is C12H10BrN3O3S. The highest BCUT2D eigenvalue weighted by atomic mass is 79.9. The Morgan fingerprint density at radius 3 is 2.40 bits per heavy atom. The summed E-state index contributed by atoms with van der Waals surface area (Å²) in [5, 5.41) is 7.63. The van der Waals surface area contributed by atoms with Gasteiger partial charge in [-0.25, -0.2) is 18.5 Å². The maximum Gasteiger partial charge on any atom is 0.255 e. The number of nitrogens with zero attached hydrogens (tertiary/aromatic N) is 1. The van der Waals surface area contributed by atoms with Crippen molar-refractivity contribution in [2.24, 2.45) is 5.14 Å². The minimum Gasteiger partial charge on any atom is -0.322 e. The third kappa shape index (κ3) is 3.62. The number of primary sulfonamides is 1. The van der Waals surface area contributed by atoms with E-state index in [0.29, 0.717) is 15.9 Å². The number of rotatable bonds is 3. The van der Waals surface area contributed by atoms with Gasteiger partial charge in [0.1, 0.15) is 4.60 Å². The molecule has 104 valence electrons. The smallest absolute Gasteiger partial charge is 0.255 e. The molecule has 0 unspecified atom stereocenters. The average molecular weight is 356 g/mol. The summed E-state index contributed by atoms with van der Waals surface area (Å²) in [6, 6.07) is 8.73. The number of hydrogen-bond acceptors (Lipinski definition) is 4. The van der Waals surface area contributed by atoms with E-state index < -0.39 is 10.0 Å². The zero-order chi connectivity index (χ0) is 14.8. The van der Waals surface area contributed by atoms with E-state index in [1.54, 1.807) is 12.1 Å². The zero-order valence-corrected chi connectivity index (χ0v) is 12.5. The Balaban J connectivity index is 2.16. The first kappa shape index (κ1) is 14.6. The lowest BCUT2D eigenvalue weighted by Crippen LogP contribution is -2.14. The molecular weight excluding hydrogens is 346 g/mol. The lowest BCUT2D eigenvalue weighted by atomic mass is 10.2. The summed E-state index contributed by atoms with van der Waals surface area (Å²) >= 11 is 3.18. The van der Waals surface area contributed by atoms with Crippen LogP contribution >= 0.6 is 15.9 Å². The summed E-state index contributed by atoms with van der Waals surface area (Å²) in [5.41, 5.74) is 0.901. The van der Waals surface area contributed by atoms with Gasteiger partial charge in [0.2, 0.25) is 10.0 Å². The number of nitrogens with one attached hydrogen (secondary N) is 1. The number of benzene rings is 1. The number of aromatic nitrogens is 1. The van der Waals surface area contributed by atoms with Crippen molar-refractivity contribution in [1.82, 2.24) is 4.98 Å². The molecule has 0 spiro atoms. The van der Waals surface area contributed by atoms with Crippen molar-refractivity contribution >= 4 is 37.5 Å². The summed E-state index contributed by atoms with van der Waals surface area (Å²) in [6.07, 6.45) is 1.50. The normalized spacial score (nSPS) is 11.1. The predicted octanol–water partition coefficient (Wildman–Crippen LogP) is 1.74. The Hall–Kier alpha value is -1.77. The maximum absolute atomic E-state index is 11.9. The van der Waals surface area contributed by atoms with Gasteiger partial charge in [0.15, 0.2) is 0 Å². The van der Waals surface area contributed by atoms with Crippen molar-refractivity contribution in [2.45, 2.75) is 4.90 Å². The zero-order valence-electron chi connectivity index (χ0n) is 10.1. The molecule has 0 saturated carbocycles. The average Bonchev–Trinajstić information content (AvgIpc) is 2.38. The Labute approximate surface area is 124 Å². The maximum atomic E-state index is 11.9. The molecule has 0 bridgehead atoms. The topological polar surface area (TPSA) is 102 Å². The minimum atomic E-state index is -3.73. The van der Waals surface area contributed by atoms with Crippen LogP contribution in [0.3, 0.4) is 0 Å². The van der Waals surface area contributed by atoms with E-state index in [4.69, 9.17) is 5.14 Å². The lowest BCUT2D eigenvalue weighted by molar-refractivity contribution is 0.102. The second kappa shape index (κ2) is 5.70. The van der Waals surface area contributed by atoms with Gasteiger partial charge in [0.25, 0.3) is 5.91 Å². The van der Waals surface area contributed by atoms with Gasteiger partial charge in [0.05, 0.1) is 4.90 Å². The molecule has 3 N–H and O–H groups in total. The molecule has 2 aromatic rings. The first-order valence-electron chi connectivity index (χ1n) is 5.42. The molecule has 0 aliphatic carbocycles. The number of anilines is 1. The molecule has 2 rings (SSSR count). The monoisotopic (exact) mass is 355 g/mol. The highest BCUT2D eigenvalue weighted by Crippen LogP contribution is 2.15. The molecule has 0 radical (unpaired) electrons. The van der Waals surface area contributed by atoms with Crippen LogP contribution in [0.1, 0.15) is 10.4 Å². The molecule has 6 nitrogen and oxygen atoms in total. The summed E-state index contributed by atoms with van der Waals surface area (Å²) in [6.45, 7) is 0. The first-order chi connectivity index (χ1) is 9.36. The largest absolute Gasteiger partial charge is 0.322 e. The molecule has 0 atom stereocenters. The third-order valence-electron chi connectivity index (χ3n) is 2.43. The first-order valence-corrected chi connectivity index (χ1v) is 7.76. The van der Waals surface area contributed by atoms with E-state index in [1.165, 1.54) is 30.5 Å². The van der Waals surface area contributed by atoms with E-state index in [1.807, 2.05) is 0 Å². The van der Waals surface area contributed by atoms with E-state index in [9.17, 15) is 13.2 Å². The van der Waals surface area contributed by atoms with Crippen LogP contribution < -0.4 is 10.5 Å². The van der Waals surface area contributed by atoms with Gasteiger partial charge < -0.3 is 5.32 Å². The number of pyridine rings is 1. The fourth-order valence-corrected chi connectivity index (χ4v) is 2.36. The molecule has 0 saturated heterocycles. The number of hydrogen-bond donors (Lipinski definition) is 2. The second-order valence-electron chi connectivity index (χ2n) is 3.89. The highest BCUT2D eigenvalue weighted by Gasteiger charge is 2.09. The number of nitrogens with two attached hydrogens (primary N) is 1. The summed E-state index contributed by atoms with van der Waals surface area (Å²) in [4.78, 5) is 15.9. The van der Waals surface area contributed by atoms with Crippen molar-refractivity contribution in [3.63, 3.8) is 0 Å². The van der Waals surface area contributed by atoms with Crippen LogP contribution in [0.15, 0.2) is 52.1 Å². The molecule has 1 amide bonds. The van der Waals surface area contributed by atoms with Crippen LogP contribution in [-0.2, 0) is 10.0 Å². The fraction of sp³-hybridized carbons (Fsp3) is 0. The van der Waals surface area contributed by atoms with Gasteiger partial charge in [0, 0.05) is 17.4 Å². The number of halogens is 1. The van der Waals surface area contributed by atoms with E-state index in [2.05, 4.69) is 26.2 Å². The van der Waals surface area contributed by atoms with Gasteiger partial charge in [-0.2, -0.15) is 0 Å². The third-order valence-corrected chi connectivity index (χ3v) is 3.79. The molecule has 20 heavy (non-hydrogen) atoms. The number of carbonyl (C=O) groups excluding carboxylic acids is 1. The Morgan fingerprint density at radius 2 is 1.85 bits per heavy atom. The van der Waals surface area contributed by atoms with E-state index in [-0.39, 0.29) is 10.8 Å². The predicted molar refractivity (Wildman–Crippen MR) is 77.7 cm³/mol. The van der Waals surface area contributed by atoms with Crippen LogP contribution in [-0.4, -0.2) is 19.3 Å². The van der Waals surface area contributed by atoms with Gasteiger partial charge >= 0.3 is 0 Å². The number of sulfonamides is 1. The van der Waals surface area contributed by atoms with Crippen LogP contribution in [0.25, 0.3) is 0 Å². The van der Waals surface area contributed by atoms with Crippen molar-refractivity contribution in [3.05, 3.63) is 52.8 Å². The Morgan fingerprint density at radius 1 is 1.20 bits per heavy atom. The molecule has 0 aliphatic heterocycles. The molecule has 1 heterocycles. The Kier molecular flexibility index (Phi) is 4.17. The van der Waals surface area contributed by atoms with Crippen LogP contribution in [0.4, 0.5) is 5.69 Å². The Bertz CT molecular complexity index is 745. The lowest BCUT2D eigenvalue weighted by Gasteiger charge is -2.06.